The van der Waals surface area contributed by atoms with Gasteiger partial charge in [0.1, 0.15) is 23.6 Å². The van der Waals surface area contributed by atoms with Gasteiger partial charge in [-0.05, 0) is 18.6 Å². The van der Waals surface area contributed by atoms with Gasteiger partial charge in [-0.15, -0.1) is 0 Å². The summed E-state index contributed by atoms with van der Waals surface area (Å²) in [5.74, 6) is -0.578. The molecule has 1 fully saturated rings. The molecule has 3 aromatic rings. The highest BCUT2D eigenvalue weighted by Crippen LogP contribution is 2.33. The topological polar surface area (TPSA) is 99.9 Å². The second kappa shape index (κ2) is 7.20. The van der Waals surface area contributed by atoms with E-state index in [2.05, 4.69) is 20.3 Å². The van der Waals surface area contributed by atoms with Crippen molar-refractivity contribution in [2.45, 2.75) is 12.0 Å². The number of carbonyl (C=O) groups excluding carboxylic acids is 1. The van der Waals surface area contributed by atoms with Gasteiger partial charge in [0.25, 0.3) is 5.91 Å². The van der Waals surface area contributed by atoms with E-state index in [9.17, 15) is 9.18 Å². The molecular weight excluding hydrogens is 406 g/mol. The number of halogens is 3. The van der Waals surface area contributed by atoms with Crippen LogP contribution in [0.4, 0.5) is 10.2 Å². The smallest absolute Gasteiger partial charge is 0.255 e. The molecule has 0 spiro atoms. The van der Waals surface area contributed by atoms with Crippen LogP contribution in [0.1, 0.15) is 16.8 Å². The molecule has 0 bridgehead atoms. The summed E-state index contributed by atoms with van der Waals surface area (Å²) in [6.07, 6.45) is 3.74. The Morgan fingerprint density at radius 2 is 2.18 bits per heavy atom. The van der Waals surface area contributed by atoms with Gasteiger partial charge in [-0.25, -0.2) is 14.4 Å². The lowest BCUT2D eigenvalue weighted by molar-refractivity contribution is 0.0941. The summed E-state index contributed by atoms with van der Waals surface area (Å²) in [5, 5.41) is 4.02. The molecule has 0 aliphatic carbocycles. The fraction of sp³-hybridized carbons (Fsp3) is 0.278. The van der Waals surface area contributed by atoms with E-state index < -0.39 is 17.3 Å². The molecule has 1 aliphatic rings. The first-order chi connectivity index (χ1) is 13.4. The molecule has 146 valence electrons. The van der Waals surface area contributed by atoms with Crippen molar-refractivity contribution in [2.75, 3.05) is 24.5 Å². The standard InChI is InChI=1S/C18H17Cl2FN6O/c19-10-2-1-3-12(21)13(10)17(28)24-7-18(22)4-5-27(8-18)16-14-11(20)6-23-15(14)25-9-26-16/h1-3,6,9H,4-5,7-8,22H2,(H,24,28)(H,23,25,26)/t18-/m0/s1. The highest BCUT2D eigenvalue weighted by molar-refractivity contribution is 6.36. The summed E-state index contributed by atoms with van der Waals surface area (Å²) >= 11 is 12.2. The molecule has 7 nitrogen and oxygen atoms in total. The van der Waals surface area contributed by atoms with Crippen molar-refractivity contribution in [1.29, 1.82) is 0 Å². The zero-order valence-electron chi connectivity index (χ0n) is 14.7. The van der Waals surface area contributed by atoms with Crippen LogP contribution in [0.15, 0.2) is 30.7 Å². The lowest BCUT2D eigenvalue weighted by Crippen LogP contribution is -2.52. The number of benzene rings is 1. The molecule has 0 radical (unpaired) electrons. The Labute approximate surface area is 170 Å². The normalized spacial score (nSPS) is 19.4. The van der Waals surface area contributed by atoms with E-state index in [1.54, 1.807) is 6.20 Å². The first kappa shape index (κ1) is 18.9. The third-order valence-electron chi connectivity index (χ3n) is 4.88. The molecule has 1 aromatic carbocycles. The maximum absolute atomic E-state index is 13.9. The molecule has 2 aromatic heterocycles. The number of rotatable bonds is 4. The fourth-order valence-electron chi connectivity index (χ4n) is 3.43. The molecule has 1 aliphatic heterocycles. The van der Waals surface area contributed by atoms with Gasteiger partial charge in [-0.3, -0.25) is 4.79 Å². The number of amides is 1. The van der Waals surface area contributed by atoms with E-state index >= 15 is 0 Å². The van der Waals surface area contributed by atoms with E-state index in [4.69, 9.17) is 28.9 Å². The van der Waals surface area contributed by atoms with Crippen LogP contribution in [0.3, 0.4) is 0 Å². The number of nitrogens with zero attached hydrogens (tertiary/aromatic N) is 3. The predicted octanol–water partition coefficient (Wildman–Crippen LogP) is 2.74. The maximum atomic E-state index is 13.9. The largest absolute Gasteiger partial charge is 0.354 e. The number of carbonyl (C=O) groups is 1. The van der Waals surface area contributed by atoms with Crippen molar-refractivity contribution in [1.82, 2.24) is 20.3 Å². The average Bonchev–Trinajstić information content (AvgIpc) is 3.24. The number of fused-ring (bicyclic) bond motifs is 1. The molecule has 0 unspecified atom stereocenters. The van der Waals surface area contributed by atoms with Gasteiger partial charge >= 0.3 is 0 Å². The Hall–Kier alpha value is -2.42. The van der Waals surface area contributed by atoms with Crippen LogP contribution in [0.25, 0.3) is 11.0 Å². The molecule has 10 heteroatoms. The number of anilines is 1. The van der Waals surface area contributed by atoms with Gasteiger partial charge in [-0.2, -0.15) is 0 Å². The van der Waals surface area contributed by atoms with Crippen LogP contribution in [0.5, 0.6) is 0 Å². The summed E-state index contributed by atoms with van der Waals surface area (Å²) in [7, 11) is 0. The van der Waals surface area contributed by atoms with E-state index in [1.165, 1.54) is 24.5 Å². The van der Waals surface area contributed by atoms with Gasteiger partial charge < -0.3 is 20.9 Å². The van der Waals surface area contributed by atoms with E-state index in [0.29, 0.717) is 36.0 Å². The summed E-state index contributed by atoms with van der Waals surface area (Å²) in [6.45, 7) is 1.26. The summed E-state index contributed by atoms with van der Waals surface area (Å²) in [5.41, 5.74) is 6.24. The van der Waals surface area contributed by atoms with Crippen LogP contribution in [0, 0.1) is 5.82 Å². The Balaban J connectivity index is 1.48. The second-order valence-electron chi connectivity index (χ2n) is 6.87. The Morgan fingerprint density at radius 3 is 2.96 bits per heavy atom. The quantitative estimate of drug-likeness (QED) is 0.599. The molecule has 28 heavy (non-hydrogen) atoms. The van der Waals surface area contributed by atoms with Crippen LogP contribution in [-0.4, -0.2) is 46.0 Å². The molecule has 1 saturated heterocycles. The van der Waals surface area contributed by atoms with Crippen molar-refractivity contribution >= 4 is 46.0 Å². The number of aromatic amines is 1. The Kier molecular flexibility index (Phi) is 4.86. The summed E-state index contributed by atoms with van der Waals surface area (Å²) < 4.78 is 13.9. The number of nitrogens with two attached hydrogens (primary N) is 1. The minimum atomic E-state index is -0.701. The number of nitrogens with one attached hydrogen (secondary N) is 2. The van der Waals surface area contributed by atoms with E-state index in [0.717, 1.165) is 5.39 Å². The number of H-pyrrole nitrogens is 1. The lowest BCUT2D eigenvalue weighted by Gasteiger charge is -2.25. The zero-order chi connectivity index (χ0) is 19.9. The third kappa shape index (κ3) is 3.39. The zero-order valence-corrected chi connectivity index (χ0v) is 16.2. The summed E-state index contributed by atoms with van der Waals surface area (Å²) in [6, 6.07) is 4.11. The van der Waals surface area contributed by atoms with Crippen molar-refractivity contribution in [2.24, 2.45) is 5.73 Å². The summed E-state index contributed by atoms with van der Waals surface area (Å²) in [4.78, 5) is 25.9. The van der Waals surface area contributed by atoms with Crippen LogP contribution in [-0.2, 0) is 0 Å². The van der Waals surface area contributed by atoms with Gasteiger partial charge in [0.15, 0.2) is 0 Å². The van der Waals surface area contributed by atoms with Crippen LogP contribution >= 0.6 is 23.2 Å². The SMILES string of the molecule is N[C@]1(CNC(=O)c2c(F)cccc2Cl)CCN(c2ncnc3[nH]cc(Cl)c23)C1. The molecule has 3 heterocycles. The number of hydrogen-bond acceptors (Lipinski definition) is 5. The van der Waals surface area contributed by atoms with Gasteiger partial charge in [0, 0.05) is 25.8 Å². The molecular formula is C18H17Cl2FN6O. The number of aromatic nitrogens is 3. The predicted molar refractivity (Wildman–Crippen MR) is 106 cm³/mol. The van der Waals surface area contributed by atoms with Crippen LogP contribution < -0.4 is 16.0 Å². The molecule has 0 saturated carbocycles. The molecule has 4 N–H and O–H groups in total. The van der Waals surface area contributed by atoms with Gasteiger partial charge in [0.2, 0.25) is 0 Å². The Morgan fingerprint density at radius 1 is 1.36 bits per heavy atom. The van der Waals surface area contributed by atoms with Gasteiger partial charge in [0.05, 0.1) is 26.5 Å². The van der Waals surface area contributed by atoms with Crippen molar-refractivity contribution in [3.63, 3.8) is 0 Å². The highest BCUT2D eigenvalue weighted by Gasteiger charge is 2.36. The minimum absolute atomic E-state index is 0.0575. The lowest BCUT2D eigenvalue weighted by atomic mass is 10.00. The van der Waals surface area contributed by atoms with E-state index in [-0.39, 0.29) is 17.1 Å². The first-order valence-corrected chi connectivity index (χ1v) is 9.37. The van der Waals surface area contributed by atoms with Crippen molar-refractivity contribution in [3.8, 4) is 0 Å². The third-order valence-corrected chi connectivity index (χ3v) is 5.49. The Bertz CT molecular complexity index is 1040. The molecule has 4 rings (SSSR count). The second-order valence-corrected chi connectivity index (χ2v) is 7.69. The highest BCUT2D eigenvalue weighted by atomic mass is 35.5. The van der Waals surface area contributed by atoms with Crippen LogP contribution in [0.2, 0.25) is 10.0 Å². The number of hydrogen-bond donors (Lipinski definition) is 3. The van der Waals surface area contributed by atoms with Crippen molar-refractivity contribution < 1.29 is 9.18 Å². The van der Waals surface area contributed by atoms with E-state index in [1.807, 2.05) is 4.90 Å². The van der Waals surface area contributed by atoms with Crippen molar-refractivity contribution in [3.05, 3.63) is 52.1 Å². The van der Waals surface area contributed by atoms with Gasteiger partial charge in [-0.1, -0.05) is 29.3 Å². The first-order valence-electron chi connectivity index (χ1n) is 8.62. The molecule has 1 atom stereocenters. The maximum Gasteiger partial charge on any atom is 0.255 e. The molecule has 1 amide bonds. The average molecular weight is 423 g/mol. The minimum Gasteiger partial charge on any atom is -0.354 e. The monoisotopic (exact) mass is 422 g/mol. The fourth-order valence-corrected chi connectivity index (χ4v) is 3.91.